The molecular weight excluding hydrogens is 236 g/mol. The van der Waals surface area contributed by atoms with E-state index in [0.717, 1.165) is 12.8 Å². The monoisotopic (exact) mass is 262 g/mol. The number of amides is 2. The van der Waals surface area contributed by atoms with Gasteiger partial charge in [-0.1, -0.05) is 30.9 Å². The molecule has 3 rings (SSSR count). The molecule has 3 aliphatic rings. The van der Waals surface area contributed by atoms with Crippen molar-refractivity contribution < 1.29 is 4.79 Å². The maximum absolute atomic E-state index is 12.5. The molecule has 1 N–H and O–H groups in total. The van der Waals surface area contributed by atoms with Gasteiger partial charge < -0.3 is 10.2 Å². The molecule has 2 atom stereocenters. The van der Waals surface area contributed by atoms with Crippen LogP contribution in [0, 0.1) is 0 Å². The number of nitrogens with zero attached hydrogens (tertiary/aromatic N) is 1. The summed E-state index contributed by atoms with van der Waals surface area (Å²) in [4.78, 5) is 14.7. The van der Waals surface area contributed by atoms with Gasteiger partial charge in [0.1, 0.15) is 0 Å². The maximum Gasteiger partial charge on any atom is 0.318 e. The smallest absolute Gasteiger partial charge is 0.318 e. The van der Waals surface area contributed by atoms with Gasteiger partial charge in [-0.15, -0.1) is 0 Å². The van der Waals surface area contributed by atoms with E-state index in [1.54, 1.807) is 5.57 Å². The SMILES string of the molecule is CC=C1CC2CCC(C1)N2C(=O)NC1CCCCC1. The number of allylic oxidation sites excluding steroid dienone is 1. The number of hydrogen-bond acceptors (Lipinski definition) is 1. The van der Waals surface area contributed by atoms with Crippen LogP contribution in [0.25, 0.3) is 0 Å². The van der Waals surface area contributed by atoms with Crippen molar-refractivity contribution in [2.24, 2.45) is 0 Å². The van der Waals surface area contributed by atoms with Crippen LogP contribution in [0.4, 0.5) is 4.79 Å². The molecule has 19 heavy (non-hydrogen) atoms. The van der Waals surface area contributed by atoms with Crippen molar-refractivity contribution in [1.29, 1.82) is 0 Å². The molecule has 1 aliphatic carbocycles. The van der Waals surface area contributed by atoms with E-state index in [0.29, 0.717) is 18.1 Å². The van der Waals surface area contributed by atoms with E-state index in [4.69, 9.17) is 0 Å². The summed E-state index contributed by atoms with van der Waals surface area (Å²) < 4.78 is 0. The Morgan fingerprint density at radius 3 is 2.32 bits per heavy atom. The molecule has 3 fully saturated rings. The third-order valence-corrected chi connectivity index (χ3v) is 5.19. The molecule has 0 aromatic heterocycles. The minimum Gasteiger partial charge on any atom is -0.335 e. The highest BCUT2D eigenvalue weighted by molar-refractivity contribution is 5.76. The predicted octanol–water partition coefficient (Wildman–Crippen LogP) is 3.60. The Bertz CT molecular complexity index is 355. The van der Waals surface area contributed by atoms with Crippen LogP contribution in [-0.4, -0.2) is 29.1 Å². The van der Waals surface area contributed by atoms with Crippen molar-refractivity contribution in [3.63, 3.8) is 0 Å². The molecule has 2 unspecified atom stereocenters. The fraction of sp³-hybridized carbons (Fsp3) is 0.812. The summed E-state index contributed by atoms with van der Waals surface area (Å²) in [7, 11) is 0. The number of urea groups is 1. The Morgan fingerprint density at radius 2 is 1.74 bits per heavy atom. The average Bonchev–Trinajstić information content (AvgIpc) is 2.71. The Kier molecular flexibility index (Phi) is 3.81. The molecule has 2 aliphatic heterocycles. The van der Waals surface area contributed by atoms with E-state index in [2.05, 4.69) is 23.2 Å². The molecule has 0 aromatic rings. The largest absolute Gasteiger partial charge is 0.335 e. The molecule has 0 spiro atoms. The van der Waals surface area contributed by atoms with Crippen molar-refractivity contribution in [2.75, 3.05) is 0 Å². The summed E-state index contributed by atoms with van der Waals surface area (Å²) in [6.45, 7) is 2.13. The second kappa shape index (κ2) is 5.56. The van der Waals surface area contributed by atoms with Gasteiger partial charge in [-0.25, -0.2) is 4.79 Å². The number of rotatable bonds is 1. The molecule has 1 saturated carbocycles. The van der Waals surface area contributed by atoms with Crippen LogP contribution in [0.15, 0.2) is 11.6 Å². The van der Waals surface area contributed by atoms with Gasteiger partial charge in [0.25, 0.3) is 0 Å². The highest BCUT2D eigenvalue weighted by Gasteiger charge is 2.41. The molecule has 2 saturated heterocycles. The van der Waals surface area contributed by atoms with Crippen LogP contribution in [0.3, 0.4) is 0 Å². The Balaban J connectivity index is 1.61. The van der Waals surface area contributed by atoms with Crippen molar-refractivity contribution in [3.05, 3.63) is 11.6 Å². The minimum atomic E-state index is 0.217. The van der Waals surface area contributed by atoms with Gasteiger partial charge >= 0.3 is 6.03 Å². The molecule has 3 nitrogen and oxygen atoms in total. The first-order valence-corrected chi connectivity index (χ1v) is 8.01. The van der Waals surface area contributed by atoms with Gasteiger partial charge in [0.05, 0.1) is 0 Å². The summed E-state index contributed by atoms with van der Waals surface area (Å²) in [6.07, 6.45) is 13.1. The number of hydrogen-bond donors (Lipinski definition) is 1. The Hall–Kier alpha value is -0.990. The number of piperidine rings is 1. The number of carbonyl (C=O) groups is 1. The molecule has 2 heterocycles. The predicted molar refractivity (Wildman–Crippen MR) is 77.0 cm³/mol. The molecule has 2 bridgehead atoms. The molecule has 3 heteroatoms. The number of fused-ring (bicyclic) bond motifs is 2. The molecule has 106 valence electrons. The van der Waals surface area contributed by atoms with Gasteiger partial charge in [0, 0.05) is 18.1 Å². The third kappa shape index (κ3) is 2.65. The molecule has 0 aromatic carbocycles. The quantitative estimate of drug-likeness (QED) is 0.719. The van der Waals surface area contributed by atoms with E-state index >= 15 is 0 Å². The average molecular weight is 262 g/mol. The van der Waals surface area contributed by atoms with E-state index < -0.39 is 0 Å². The lowest BCUT2D eigenvalue weighted by molar-refractivity contribution is 0.154. The molecule has 2 amide bonds. The van der Waals surface area contributed by atoms with Gasteiger partial charge in [-0.05, 0) is 45.4 Å². The van der Waals surface area contributed by atoms with Crippen molar-refractivity contribution in [2.45, 2.75) is 82.8 Å². The lowest BCUT2D eigenvalue weighted by atomic mass is 9.95. The second-order valence-electron chi connectivity index (χ2n) is 6.43. The van der Waals surface area contributed by atoms with E-state index in [1.807, 2.05) is 0 Å². The fourth-order valence-electron chi connectivity index (χ4n) is 4.11. The number of nitrogens with one attached hydrogen (secondary N) is 1. The van der Waals surface area contributed by atoms with Gasteiger partial charge in [-0.2, -0.15) is 0 Å². The lowest BCUT2D eigenvalue weighted by Gasteiger charge is -2.37. The summed E-state index contributed by atoms with van der Waals surface area (Å²) in [5, 5.41) is 3.29. The normalized spacial score (nSPS) is 31.4. The van der Waals surface area contributed by atoms with E-state index in [1.165, 1.54) is 44.9 Å². The van der Waals surface area contributed by atoms with E-state index in [9.17, 15) is 4.79 Å². The Morgan fingerprint density at radius 1 is 1.11 bits per heavy atom. The zero-order valence-corrected chi connectivity index (χ0v) is 12.0. The topological polar surface area (TPSA) is 32.3 Å². The van der Waals surface area contributed by atoms with Gasteiger partial charge in [-0.3, -0.25) is 0 Å². The molecular formula is C16H26N2O. The van der Waals surface area contributed by atoms with E-state index in [-0.39, 0.29) is 6.03 Å². The van der Waals surface area contributed by atoms with Crippen LogP contribution < -0.4 is 5.32 Å². The first kappa shape index (κ1) is 13.0. The molecule has 0 radical (unpaired) electrons. The summed E-state index contributed by atoms with van der Waals surface area (Å²) in [5.41, 5.74) is 1.55. The highest BCUT2D eigenvalue weighted by Crippen LogP contribution is 2.38. The maximum atomic E-state index is 12.5. The summed E-state index contributed by atoms with van der Waals surface area (Å²) in [5.74, 6) is 0. The summed E-state index contributed by atoms with van der Waals surface area (Å²) >= 11 is 0. The van der Waals surface area contributed by atoms with Crippen LogP contribution in [-0.2, 0) is 0 Å². The van der Waals surface area contributed by atoms with Crippen LogP contribution >= 0.6 is 0 Å². The minimum absolute atomic E-state index is 0.217. The summed E-state index contributed by atoms with van der Waals surface area (Å²) in [6, 6.07) is 1.58. The van der Waals surface area contributed by atoms with Gasteiger partial charge in [0.2, 0.25) is 0 Å². The number of carbonyl (C=O) groups excluding carboxylic acids is 1. The van der Waals surface area contributed by atoms with Gasteiger partial charge in [0.15, 0.2) is 0 Å². The first-order valence-electron chi connectivity index (χ1n) is 8.01. The fourth-order valence-corrected chi connectivity index (χ4v) is 4.11. The standard InChI is InChI=1S/C16H26N2O/c1-2-12-10-14-8-9-15(11-12)18(14)16(19)17-13-6-4-3-5-7-13/h2,13-15H,3-11H2,1H3,(H,17,19). The van der Waals surface area contributed by atoms with Crippen molar-refractivity contribution in [3.8, 4) is 0 Å². The zero-order valence-electron chi connectivity index (χ0n) is 12.0. The second-order valence-corrected chi connectivity index (χ2v) is 6.43. The Labute approximate surface area is 116 Å². The highest BCUT2D eigenvalue weighted by atomic mass is 16.2. The first-order chi connectivity index (χ1) is 9.28. The zero-order chi connectivity index (χ0) is 13.2. The van der Waals surface area contributed by atoms with Crippen LogP contribution in [0.5, 0.6) is 0 Å². The third-order valence-electron chi connectivity index (χ3n) is 5.19. The van der Waals surface area contributed by atoms with Crippen LogP contribution in [0.1, 0.15) is 64.7 Å². The van der Waals surface area contributed by atoms with Crippen molar-refractivity contribution in [1.82, 2.24) is 10.2 Å². The van der Waals surface area contributed by atoms with Crippen molar-refractivity contribution >= 4 is 6.03 Å². The lowest BCUT2D eigenvalue weighted by Crippen LogP contribution is -2.52. The van der Waals surface area contributed by atoms with Crippen LogP contribution in [0.2, 0.25) is 0 Å².